The van der Waals surface area contributed by atoms with Gasteiger partial charge < -0.3 is 9.80 Å². The summed E-state index contributed by atoms with van der Waals surface area (Å²) in [7, 11) is 8.38. The average Bonchev–Trinajstić information content (AvgIpc) is 2.45. The summed E-state index contributed by atoms with van der Waals surface area (Å²) < 4.78 is 0. The highest BCUT2D eigenvalue weighted by atomic mass is 15.1. The van der Waals surface area contributed by atoms with Crippen LogP contribution in [0.4, 0.5) is 5.69 Å². The minimum Gasteiger partial charge on any atom is -0.305 e. The maximum atomic E-state index is 4.61. The molecule has 0 fully saturated rings. The van der Waals surface area contributed by atoms with E-state index in [1.54, 1.807) is 0 Å². The summed E-state index contributed by atoms with van der Waals surface area (Å²) in [6, 6.07) is 15.0. The number of hydrogen-bond donors (Lipinski definition) is 0. The van der Waals surface area contributed by atoms with Crippen LogP contribution in [0.5, 0.6) is 0 Å². The summed E-state index contributed by atoms with van der Waals surface area (Å²) in [5, 5.41) is 0. The molecular formula is C20H27N3. The number of benzene rings is 2. The predicted molar refractivity (Wildman–Crippen MR) is 99.7 cm³/mol. The Bertz CT molecular complexity index is 627. The summed E-state index contributed by atoms with van der Waals surface area (Å²) in [6.07, 6.45) is 1.96. The van der Waals surface area contributed by atoms with Crippen molar-refractivity contribution in [1.29, 1.82) is 0 Å². The Morgan fingerprint density at radius 2 is 1.35 bits per heavy atom. The van der Waals surface area contributed by atoms with Crippen molar-refractivity contribution in [1.82, 2.24) is 9.80 Å². The van der Waals surface area contributed by atoms with Crippen LogP contribution in [0.15, 0.2) is 47.5 Å². The Balaban J connectivity index is 2.26. The Labute approximate surface area is 140 Å². The standard InChI is InChI=1S/C20H27N3/c1-16-6-8-20(9-7-16)21-13-17-10-18(14-22(2)3)12-19(11-17)15-23(4)5/h6-13H,14-15H2,1-5H3. The van der Waals surface area contributed by atoms with Gasteiger partial charge in [-0.1, -0.05) is 23.8 Å². The second-order valence-corrected chi connectivity index (χ2v) is 6.65. The third-order valence-electron chi connectivity index (χ3n) is 3.47. The summed E-state index contributed by atoms with van der Waals surface area (Å²) in [5.41, 5.74) is 6.04. The van der Waals surface area contributed by atoms with Crippen molar-refractivity contribution in [2.75, 3.05) is 28.2 Å². The van der Waals surface area contributed by atoms with Crippen LogP contribution in [0.2, 0.25) is 0 Å². The number of rotatable bonds is 6. The molecule has 0 saturated carbocycles. The quantitative estimate of drug-likeness (QED) is 0.754. The average molecular weight is 309 g/mol. The summed E-state index contributed by atoms with van der Waals surface area (Å²) >= 11 is 0. The van der Waals surface area contributed by atoms with Gasteiger partial charge in [0.25, 0.3) is 0 Å². The highest BCUT2D eigenvalue weighted by Gasteiger charge is 2.03. The van der Waals surface area contributed by atoms with Gasteiger partial charge in [0.15, 0.2) is 0 Å². The zero-order valence-electron chi connectivity index (χ0n) is 14.9. The van der Waals surface area contributed by atoms with Crippen LogP contribution in [0, 0.1) is 6.92 Å². The van der Waals surface area contributed by atoms with E-state index < -0.39 is 0 Å². The van der Waals surface area contributed by atoms with Crippen molar-refractivity contribution < 1.29 is 0 Å². The monoisotopic (exact) mass is 309 g/mol. The molecule has 0 radical (unpaired) electrons. The van der Waals surface area contributed by atoms with E-state index in [-0.39, 0.29) is 0 Å². The van der Waals surface area contributed by atoms with E-state index in [9.17, 15) is 0 Å². The molecule has 0 amide bonds. The molecule has 0 bridgehead atoms. The van der Waals surface area contributed by atoms with Crippen LogP contribution in [-0.2, 0) is 13.1 Å². The number of aliphatic imine (C=N–C) groups is 1. The van der Waals surface area contributed by atoms with Gasteiger partial charge >= 0.3 is 0 Å². The number of hydrogen-bond acceptors (Lipinski definition) is 3. The molecule has 2 aromatic carbocycles. The van der Waals surface area contributed by atoms with Gasteiger partial charge in [0.05, 0.1) is 5.69 Å². The van der Waals surface area contributed by atoms with Crippen molar-refractivity contribution in [2.24, 2.45) is 4.99 Å². The first kappa shape index (κ1) is 17.4. The van der Waals surface area contributed by atoms with Crippen LogP contribution >= 0.6 is 0 Å². The molecule has 122 valence electrons. The molecule has 0 aliphatic heterocycles. The van der Waals surface area contributed by atoms with E-state index in [2.05, 4.69) is 92.4 Å². The largest absolute Gasteiger partial charge is 0.305 e. The molecule has 2 rings (SSSR count). The van der Waals surface area contributed by atoms with Crippen molar-refractivity contribution >= 4 is 11.9 Å². The molecule has 0 heterocycles. The van der Waals surface area contributed by atoms with Gasteiger partial charge in [-0.15, -0.1) is 0 Å². The molecule has 0 aliphatic carbocycles. The zero-order valence-corrected chi connectivity index (χ0v) is 14.9. The molecule has 2 aromatic rings. The summed E-state index contributed by atoms with van der Waals surface area (Å²) in [5.74, 6) is 0. The molecule has 0 unspecified atom stereocenters. The van der Waals surface area contributed by atoms with Gasteiger partial charge in [-0.3, -0.25) is 4.99 Å². The maximum Gasteiger partial charge on any atom is 0.0630 e. The van der Waals surface area contributed by atoms with Gasteiger partial charge in [-0.25, -0.2) is 0 Å². The molecule has 3 nitrogen and oxygen atoms in total. The fourth-order valence-electron chi connectivity index (χ4n) is 2.56. The van der Waals surface area contributed by atoms with Gasteiger partial charge in [0.2, 0.25) is 0 Å². The van der Waals surface area contributed by atoms with Gasteiger partial charge in [-0.2, -0.15) is 0 Å². The molecule has 0 spiro atoms. The van der Waals surface area contributed by atoms with Crippen molar-refractivity contribution in [3.8, 4) is 0 Å². The minimum absolute atomic E-state index is 0.937. The molecular weight excluding hydrogens is 282 g/mol. The Kier molecular flexibility index (Phi) is 6.08. The van der Waals surface area contributed by atoms with Crippen molar-refractivity contribution in [3.63, 3.8) is 0 Å². The van der Waals surface area contributed by atoms with Crippen LogP contribution in [-0.4, -0.2) is 44.2 Å². The first-order chi connectivity index (χ1) is 10.9. The molecule has 0 saturated heterocycles. The molecule has 0 atom stereocenters. The molecule has 0 aromatic heterocycles. The minimum atomic E-state index is 0.937. The van der Waals surface area contributed by atoms with Gasteiger partial charge in [0.1, 0.15) is 0 Å². The summed E-state index contributed by atoms with van der Waals surface area (Å²) in [6.45, 7) is 3.96. The fraction of sp³-hybridized carbons (Fsp3) is 0.350. The van der Waals surface area contributed by atoms with Crippen LogP contribution in [0.1, 0.15) is 22.3 Å². The maximum absolute atomic E-state index is 4.61. The third kappa shape index (κ3) is 5.97. The SMILES string of the molecule is Cc1ccc(N=Cc2cc(CN(C)C)cc(CN(C)C)c2)cc1. The van der Waals surface area contributed by atoms with Gasteiger partial charge in [0, 0.05) is 19.3 Å². The van der Waals surface area contributed by atoms with E-state index in [1.165, 1.54) is 16.7 Å². The van der Waals surface area contributed by atoms with Crippen LogP contribution < -0.4 is 0 Å². The van der Waals surface area contributed by atoms with Crippen molar-refractivity contribution in [2.45, 2.75) is 20.0 Å². The van der Waals surface area contributed by atoms with Crippen molar-refractivity contribution in [3.05, 3.63) is 64.7 Å². The molecule has 3 heteroatoms. The van der Waals surface area contributed by atoms with E-state index in [0.717, 1.165) is 24.3 Å². The normalized spacial score (nSPS) is 11.8. The van der Waals surface area contributed by atoms with Gasteiger partial charge in [-0.05, 0) is 76.1 Å². The van der Waals surface area contributed by atoms with Crippen LogP contribution in [0.3, 0.4) is 0 Å². The van der Waals surface area contributed by atoms with E-state index in [0.29, 0.717) is 0 Å². The van der Waals surface area contributed by atoms with E-state index in [1.807, 2.05) is 6.21 Å². The Morgan fingerprint density at radius 1 is 0.826 bits per heavy atom. The zero-order chi connectivity index (χ0) is 16.8. The first-order valence-electron chi connectivity index (χ1n) is 7.95. The highest BCUT2D eigenvalue weighted by molar-refractivity contribution is 5.82. The third-order valence-corrected chi connectivity index (χ3v) is 3.47. The fourth-order valence-corrected chi connectivity index (χ4v) is 2.56. The Morgan fingerprint density at radius 3 is 1.83 bits per heavy atom. The predicted octanol–water partition coefficient (Wildman–Crippen LogP) is 3.87. The first-order valence-corrected chi connectivity index (χ1v) is 7.95. The van der Waals surface area contributed by atoms with E-state index >= 15 is 0 Å². The second-order valence-electron chi connectivity index (χ2n) is 6.65. The number of aryl methyl sites for hydroxylation is 1. The second kappa shape index (κ2) is 8.04. The topological polar surface area (TPSA) is 18.8 Å². The lowest BCUT2D eigenvalue weighted by atomic mass is 10.1. The lowest BCUT2D eigenvalue weighted by molar-refractivity contribution is 0.395. The molecule has 0 aliphatic rings. The Hall–Kier alpha value is -1.97. The lowest BCUT2D eigenvalue weighted by Gasteiger charge is -2.14. The summed E-state index contributed by atoms with van der Waals surface area (Å²) in [4.78, 5) is 8.99. The molecule has 0 N–H and O–H groups in total. The smallest absolute Gasteiger partial charge is 0.0630 e. The molecule has 23 heavy (non-hydrogen) atoms. The lowest BCUT2D eigenvalue weighted by Crippen LogP contribution is -2.13. The van der Waals surface area contributed by atoms with E-state index in [4.69, 9.17) is 0 Å². The number of nitrogens with zero attached hydrogens (tertiary/aromatic N) is 3. The van der Waals surface area contributed by atoms with Crippen LogP contribution in [0.25, 0.3) is 0 Å². The highest BCUT2D eigenvalue weighted by Crippen LogP contribution is 2.15.